The smallest absolute Gasteiger partial charge is 0.0931 e. The highest BCUT2D eigenvalue weighted by molar-refractivity contribution is 7.16. The molecule has 0 spiro atoms. The molecule has 0 radical (unpaired) electrons. The second-order valence-electron chi connectivity index (χ2n) is 2.16. The van der Waals surface area contributed by atoms with E-state index in [2.05, 4.69) is 11.8 Å². The number of hydrogen-bond acceptors (Lipinski definition) is 3. The van der Waals surface area contributed by atoms with E-state index < -0.39 is 0 Å². The van der Waals surface area contributed by atoms with Gasteiger partial charge in [-0.15, -0.1) is 11.3 Å². The van der Waals surface area contributed by atoms with Crippen LogP contribution in [0.25, 0.3) is 0 Å². The highest BCUT2D eigenvalue weighted by Crippen LogP contribution is 2.22. The molecule has 0 N–H and O–H groups in total. The fraction of sp³-hybridized carbons (Fsp3) is 0.286. The van der Waals surface area contributed by atoms with E-state index in [-0.39, 0.29) is 0 Å². The van der Waals surface area contributed by atoms with Crippen molar-refractivity contribution in [3.05, 3.63) is 21.3 Å². The van der Waals surface area contributed by atoms with Gasteiger partial charge in [0.15, 0.2) is 0 Å². The predicted octanol–water partition coefficient (Wildman–Crippen LogP) is 2.45. The summed E-state index contributed by atoms with van der Waals surface area (Å²) >= 11 is 7.31. The Morgan fingerprint density at radius 2 is 2.45 bits per heavy atom. The Balaban J connectivity index is 2.57. The zero-order valence-corrected chi connectivity index (χ0v) is 7.82. The molecule has 1 aromatic heterocycles. The Hall–Kier alpha value is -0.540. The zero-order valence-electron chi connectivity index (χ0n) is 6.25. The van der Waals surface area contributed by atoms with Crippen molar-refractivity contribution in [1.82, 2.24) is 5.01 Å². The van der Waals surface area contributed by atoms with E-state index >= 15 is 0 Å². The maximum Gasteiger partial charge on any atom is 0.0931 e. The molecule has 0 saturated carbocycles. The van der Waals surface area contributed by atoms with Crippen LogP contribution in [0.3, 0.4) is 0 Å². The van der Waals surface area contributed by atoms with Crippen LogP contribution in [0, 0.1) is 0 Å². The van der Waals surface area contributed by atoms with Gasteiger partial charge in [-0.25, -0.2) is 0 Å². The van der Waals surface area contributed by atoms with Crippen LogP contribution in [0.15, 0.2) is 17.2 Å². The average molecular weight is 189 g/mol. The third-order valence-corrected chi connectivity index (χ3v) is 2.47. The maximum absolute atomic E-state index is 5.74. The standard InChI is InChI=1S/C7H9ClN2S/c1-9-10(2)5-6-3-4-7(8)11-6/h3-4H,1,5H2,2H3. The summed E-state index contributed by atoms with van der Waals surface area (Å²) in [5.74, 6) is 0. The molecule has 0 atom stereocenters. The van der Waals surface area contributed by atoms with Crippen LogP contribution in [0.1, 0.15) is 4.88 Å². The van der Waals surface area contributed by atoms with Crippen molar-refractivity contribution in [2.24, 2.45) is 5.10 Å². The summed E-state index contributed by atoms with van der Waals surface area (Å²) in [6.07, 6.45) is 0. The summed E-state index contributed by atoms with van der Waals surface area (Å²) in [6, 6.07) is 3.88. The van der Waals surface area contributed by atoms with Crippen LogP contribution >= 0.6 is 22.9 Å². The zero-order chi connectivity index (χ0) is 8.27. The molecular weight excluding hydrogens is 180 g/mol. The first-order chi connectivity index (χ1) is 5.22. The molecule has 0 saturated heterocycles. The third-order valence-electron chi connectivity index (χ3n) is 1.25. The first-order valence-corrected chi connectivity index (χ1v) is 4.34. The van der Waals surface area contributed by atoms with Crippen molar-refractivity contribution in [1.29, 1.82) is 0 Å². The Labute approximate surface area is 75.1 Å². The van der Waals surface area contributed by atoms with Crippen molar-refractivity contribution >= 4 is 29.7 Å². The van der Waals surface area contributed by atoms with Gasteiger partial charge in [-0.1, -0.05) is 11.6 Å². The number of halogens is 1. The van der Waals surface area contributed by atoms with Crippen LogP contribution in [-0.4, -0.2) is 18.8 Å². The number of hydrogen-bond donors (Lipinski definition) is 0. The van der Waals surface area contributed by atoms with Crippen molar-refractivity contribution in [2.75, 3.05) is 7.05 Å². The first-order valence-electron chi connectivity index (χ1n) is 3.14. The van der Waals surface area contributed by atoms with Gasteiger partial charge in [0, 0.05) is 18.6 Å². The average Bonchev–Trinajstić information content (AvgIpc) is 2.35. The van der Waals surface area contributed by atoms with Crippen molar-refractivity contribution in [3.63, 3.8) is 0 Å². The summed E-state index contributed by atoms with van der Waals surface area (Å²) in [4.78, 5) is 1.20. The van der Waals surface area contributed by atoms with Crippen molar-refractivity contribution in [3.8, 4) is 0 Å². The third kappa shape index (κ3) is 2.52. The lowest BCUT2D eigenvalue weighted by Gasteiger charge is -2.08. The first kappa shape index (κ1) is 8.56. The van der Waals surface area contributed by atoms with Gasteiger partial charge in [-0.05, 0) is 12.1 Å². The van der Waals surface area contributed by atoms with Crippen LogP contribution in [-0.2, 0) is 6.54 Å². The molecule has 0 amide bonds. The Morgan fingerprint density at radius 3 is 2.91 bits per heavy atom. The largest absolute Gasteiger partial charge is 0.295 e. The molecule has 0 bridgehead atoms. The molecule has 0 unspecified atom stereocenters. The summed E-state index contributed by atoms with van der Waals surface area (Å²) in [6.45, 7) is 4.19. The fourth-order valence-electron chi connectivity index (χ4n) is 0.712. The SMILES string of the molecule is C=NN(C)Cc1ccc(Cl)s1. The number of rotatable bonds is 3. The molecule has 2 nitrogen and oxygen atoms in total. The summed E-state index contributed by atoms with van der Waals surface area (Å²) in [5, 5.41) is 5.51. The lowest BCUT2D eigenvalue weighted by atomic mass is 10.5. The monoisotopic (exact) mass is 188 g/mol. The molecule has 1 aromatic rings. The molecule has 1 heterocycles. The van der Waals surface area contributed by atoms with Crippen LogP contribution in [0.4, 0.5) is 0 Å². The topological polar surface area (TPSA) is 15.6 Å². The molecule has 0 aliphatic rings. The lowest BCUT2D eigenvalue weighted by molar-refractivity contribution is 0.353. The van der Waals surface area contributed by atoms with Gasteiger partial charge < -0.3 is 0 Å². The van der Waals surface area contributed by atoms with Crippen molar-refractivity contribution < 1.29 is 0 Å². The van der Waals surface area contributed by atoms with E-state index in [4.69, 9.17) is 11.6 Å². The van der Waals surface area contributed by atoms with Crippen LogP contribution in [0.5, 0.6) is 0 Å². The van der Waals surface area contributed by atoms with Gasteiger partial charge in [0.1, 0.15) is 0 Å². The van der Waals surface area contributed by atoms with Gasteiger partial charge in [0.2, 0.25) is 0 Å². The summed E-state index contributed by atoms with van der Waals surface area (Å²) in [7, 11) is 1.88. The van der Waals surface area contributed by atoms with Crippen LogP contribution in [0.2, 0.25) is 4.34 Å². The minimum absolute atomic E-state index is 0.779. The van der Waals surface area contributed by atoms with Crippen LogP contribution < -0.4 is 0 Å². The Morgan fingerprint density at radius 1 is 1.73 bits per heavy atom. The van der Waals surface area contributed by atoms with E-state index in [9.17, 15) is 0 Å². The van der Waals surface area contributed by atoms with E-state index in [0.29, 0.717) is 0 Å². The second-order valence-corrected chi connectivity index (χ2v) is 3.96. The molecule has 0 aromatic carbocycles. The van der Waals surface area contributed by atoms with Gasteiger partial charge in [-0.3, -0.25) is 5.01 Å². The highest BCUT2D eigenvalue weighted by Gasteiger charge is 1.98. The Bertz CT molecular complexity index is 246. The van der Waals surface area contributed by atoms with E-state index in [0.717, 1.165) is 10.9 Å². The number of thiophene rings is 1. The molecule has 60 valence electrons. The van der Waals surface area contributed by atoms with E-state index in [1.54, 1.807) is 16.3 Å². The van der Waals surface area contributed by atoms with Gasteiger partial charge in [0.05, 0.1) is 10.9 Å². The van der Waals surface area contributed by atoms with Gasteiger partial charge >= 0.3 is 0 Å². The number of hydrazone groups is 1. The van der Waals surface area contributed by atoms with Gasteiger partial charge in [0.25, 0.3) is 0 Å². The van der Waals surface area contributed by atoms with E-state index in [1.807, 2.05) is 19.2 Å². The normalized spacial score (nSPS) is 9.64. The quantitative estimate of drug-likeness (QED) is 0.526. The molecule has 0 aliphatic heterocycles. The highest BCUT2D eigenvalue weighted by atomic mass is 35.5. The minimum atomic E-state index is 0.779. The van der Waals surface area contributed by atoms with E-state index in [1.165, 1.54) is 4.88 Å². The molecule has 4 heteroatoms. The summed E-state index contributed by atoms with van der Waals surface area (Å²) in [5.41, 5.74) is 0. The second kappa shape index (κ2) is 3.74. The Kier molecular flexibility index (Phi) is 2.91. The minimum Gasteiger partial charge on any atom is -0.295 e. The molecule has 11 heavy (non-hydrogen) atoms. The summed E-state index contributed by atoms with van der Waals surface area (Å²) < 4.78 is 0.817. The molecule has 0 fully saturated rings. The molecule has 0 aliphatic carbocycles. The lowest BCUT2D eigenvalue weighted by Crippen LogP contribution is -2.07. The fourth-order valence-corrected chi connectivity index (χ4v) is 1.85. The van der Waals surface area contributed by atoms with Crippen molar-refractivity contribution in [2.45, 2.75) is 6.54 Å². The van der Waals surface area contributed by atoms with Gasteiger partial charge in [-0.2, -0.15) is 5.10 Å². The molecular formula is C7H9ClN2S. The maximum atomic E-state index is 5.74. The predicted molar refractivity (Wildman–Crippen MR) is 50.3 cm³/mol. The number of nitrogens with zero attached hydrogens (tertiary/aromatic N) is 2. The molecule has 1 rings (SSSR count).